The summed E-state index contributed by atoms with van der Waals surface area (Å²) in [5.41, 5.74) is 4.03. The minimum absolute atomic E-state index is 0.298. The number of pyridine rings is 1. The van der Waals surface area contributed by atoms with Crippen LogP contribution in [0.1, 0.15) is 29.7 Å². The van der Waals surface area contributed by atoms with Gasteiger partial charge in [0.15, 0.2) is 0 Å². The molecule has 0 aliphatic carbocycles. The molecule has 1 heterocycles. The van der Waals surface area contributed by atoms with Gasteiger partial charge in [0.25, 0.3) is 0 Å². The molecule has 1 aromatic heterocycles. The van der Waals surface area contributed by atoms with Gasteiger partial charge in [-0.25, -0.2) is 9.78 Å². The van der Waals surface area contributed by atoms with E-state index in [4.69, 9.17) is 9.72 Å². The third-order valence-corrected chi connectivity index (χ3v) is 5.37. The van der Waals surface area contributed by atoms with E-state index in [1.54, 1.807) is 0 Å². The number of fused-ring (bicyclic) bond motifs is 1. The zero-order valence-electron chi connectivity index (χ0n) is 17.8. The van der Waals surface area contributed by atoms with Crippen LogP contribution < -0.4 is 5.32 Å². The topological polar surface area (TPSA) is 51.2 Å². The summed E-state index contributed by atoms with van der Waals surface area (Å²) in [5.74, 6) is 0.370. The number of ether oxygens (including phenoxy) is 1. The Bertz CT molecular complexity index is 1160. The van der Waals surface area contributed by atoms with Crippen molar-refractivity contribution in [2.45, 2.75) is 32.4 Å². The summed E-state index contributed by atoms with van der Waals surface area (Å²) < 4.78 is 5.83. The molecule has 0 radical (unpaired) electrons. The molecule has 2 atom stereocenters. The molecule has 1 N–H and O–H groups in total. The lowest BCUT2D eigenvalue weighted by Crippen LogP contribution is -2.34. The number of hydrogen-bond acceptors (Lipinski definition) is 4. The van der Waals surface area contributed by atoms with Crippen LogP contribution in [0.25, 0.3) is 10.9 Å². The van der Waals surface area contributed by atoms with E-state index in [-0.39, 0.29) is 12.1 Å². The summed E-state index contributed by atoms with van der Waals surface area (Å²) >= 11 is 0. The summed E-state index contributed by atoms with van der Waals surface area (Å²) in [7, 11) is 0. The first-order valence-corrected chi connectivity index (χ1v) is 10.5. The lowest BCUT2D eigenvalue weighted by molar-refractivity contribution is -0.149. The number of esters is 1. The number of carbonyl (C=O) groups is 1. The molecule has 31 heavy (non-hydrogen) atoms. The summed E-state index contributed by atoms with van der Waals surface area (Å²) in [5, 5.41) is 4.44. The Morgan fingerprint density at radius 1 is 0.935 bits per heavy atom. The molecule has 4 nitrogen and oxygen atoms in total. The summed E-state index contributed by atoms with van der Waals surface area (Å²) in [4.78, 5) is 17.9. The fraction of sp³-hybridized carbons (Fsp3) is 0.185. The number of anilines is 1. The van der Waals surface area contributed by atoms with Crippen molar-refractivity contribution in [3.05, 3.63) is 108 Å². The molecule has 1 unspecified atom stereocenters. The second-order valence-electron chi connectivity index (χ2n) is 7.72. The molecule has 4 heteroatoms. The van der Waals surface area contributed by atoms with Crippen molar-refractivity contribution in [3.8, 4) is 0 Å². The number of aryl methyl sites for hydroxylation is 1. The molecule has 4 aromatic rings. The SMILES string of the molecule is Cc1cc(NC(Cc2ccccc2)C(=O)O[C@@H](C)c2ccccc2)nc2ccccc12. The summed E-state index contributed by atoms with van der Waals surface area (Å²) in [6.45, 7) is 3.95. The van der Waals surface area contributed by atoms with E-state index in [0.29, 0.717) is 12.2 Å². The zero-order chi connectivity index (χ0) is 21.6. The fourth-order valence-electron chi connectivity index (χ4n) is 3.69. The molecular weight excluding hydrogens is 384 g/mol. The third kappa shape index (κ3) is 5.10. The number of hydrogen-bond donors (Lipinski definition) is 1. The van der Waals surface area contributed by atoms with Gasteiger partial charge in [0.2, 0.25) is 0 Å². The van der Waals surface area contributed by atoms with Crippen LogP contribution in [0.2, 0.25) is 0 Å². The maximum atomic E-state index is 13.2. The van der Waals surface area contributed by atoms with E-state index < -0.39 is 6.04 Å². The van der Waals surface area contributed by atoms with Crippen LogP contribution in [0, 0.1) is 6.92 Å². The number of nitrogens with zero attached hydrogens (tertiary/aromatic N) is 1. The van der Waals surface area contributed by atoms with Crippen LogP contribution >= 0.6 is 0 Å². The third-order valence-electron chi connectivity index (χ3n) is 5.37. The van der Waals surface area contributed by atoms with Gasteiger partial charge in [-0.3, -0.25) is 0 Å². The smallest absolute Gasteiger partial charge is 0.329 e. The predicted octanol–water partition coefficient (Wildman–Crippen LogP) is 5.87. The van der Waals surface area contributed by atoms with Gasteiger partial charge in [0.05, 0.1) is 5.52 Å². The van der Waals surface area contributed by atoms with Crippen LogP contribution in [0.4, 0.5) is 5.82 Å². The Balaban J connectivity index is 1.59. The second kappa shape index (κ2) is 9.43. The van der Waals surface area contributed by atoms with Crippen molar-refractivity contribution >= 4 is 22.7 Å². The zero-order valence-corrected chi connectivity index (χ0v) is 17.8. The first-order valence-electron chi connectivity index (χ1n) is 10.5. The quantitative estimate of drug-likeness (QED) is 0.387. The van der Waals surface area contributed by atoms with Crippen molar-refractivity contribution in [1.82, 2.24) is 4.98 Å². The normalized spacial score (nSPS) is 12.8. The van der Waals surface area contributed by atoms with E-state index in [9.17, 15) is 4.79 Å². The van der Waals surface area contributed by atoms with Crippen molar-refractivity contribution in [2.24, 2.45) is 0 Å². The number of nitrogens with one attached hydrogen (secondary N) is 1. The summed E-state index contributed by atoms with van der Waals surface area (Å²) in [6, 6.07) is 29.2. The maximum Gasteiger partial charge on any atom is 0.329 e. The molecule has 156 valence electrons. The molecule has 0 amide bonds. The number of para-hydroxylation sites is 1. The van der Waals surface area contributed by atoms with E-state index in [1.165, 1.54) is 0 Å². The lowest BCUT2D eigenvalue weighted by Gasteiger charge is -2.22. The molecule has 0 saturated heterocycles. The van der Waals surface area contributed by atoms with Crippen molar-refractivity contribution < 1.29 is 9.53 Å². The molecule has 3 aromatic carbocycles. The van der Waals surface area contributed by atoms with Crippen LogP contribution in [0.15, 0.2) is 91.0 Å². The van der Waals surface area contributed by atoms with Crippen molar-refractivity contribution in [1.29, 1.82) is 0 Å². The monoisotopic (exact) mass is 410 g/mol. The Kier molecular flexibility index (Phi) is 6.27. The Hall–Kier alpha value is -3.66. The van der Waals surface area contributed by atoms with Gasteiger partial charge in [-0.05, 0) is 42.7 Å². The first-order chi connectivity index (χ1) is 15.1. The molecule has 0 aliphatic heterocycles. The Morgan fingerprint density at radius 3 is 2.32 bits per heavy atom. The molecule has 0 spiro atoms. The van der Waals surface area contributed by atoms with Crippen molar-refractivity contribution in [2.75, 3.05) is 5.32 Å². The van der Waals surface area contributed by atoms with Crippen LogP contribution in [0.5, 0.6) is 0 Å². The number of rotatable bonds is 7. The molecule has 0 bridgehead atoms. The highest BCUT2D eigenvalue weighted by molar-refractivity contribution is 5.85. The summed E-state index contributed by atoms with van der Waals surface area (Å²) in [6.07, 6.45) is 0.175. The second-order valence-corrected chi connectivity index (χ2v) is 7.72. The largest absolute Gasteiger partial charge is 0.456 e. The van der Waals surface area contributed by atoms with E-state index in [2.05, 4.69) is 18.3 Å². The minimum Gasteiger partial charge on any atom is -0.456 e. The number of benzene rings is 3. The van der Waals surface area contributed by atoms with Gasteiger partial charge < -0.3 is 10.1 Å². The number of aromatic nitrogens is 1. The van der Waals surface area contributed by atoms with E-state index in [1.807, 2.05) is 91.9 Å². The molecular formula is C27H26N2O2. The average Bonchev–Trinajstić information content (AvgIpc) is 2.80. The highest BCUT2D eigenvalue weighted by Crippen LogP contribution is 2.22. The molecule has 4 rings (SSSR count). The van der Waals surface area contributed by atoms with Gasteiger partial charge in [0, 0.05) is 11.8 Å². The van der Waals surface area contributed by atoms with Gasteiger partial charge in [-0.15, -0.1) is 0 Å². The highest BCUT2D eigenvalue weighted by atomic mass is 16.5. The highest BCUT2D eigenvalue weighted by Gasteiger charge is 2.24. The standard InChI is InChI=1S/C27H26N2O2/c1-19-17-26(28-24-16-10-9-15-23(19)24)29-25(18-21-11-5-3-6-12-21)27(30)31-20(2)22-13-7-4-8-14-22/h3-17,20,25H,18H2,1-2H3,(H,28,29)/t20-,25?/m0/s1. The van der Waals surface area contributed by atoms with Gasteiger partial charge >= 0.3 is 5.97 Å². The predicted molar refractivity (Wildman–Crippen MR) is 125 cm³/mol. The average molecular weight is 411 g/mol. The Morgan fingerprint density at radius 2 is 1.58 bits per heavy atom. The molecule has 0 aliphatic rings. The van der Waals surface area contributed by atoms with Crippen LogP contribution in [-0.4, -0.2) is 17.0 Å². The van der Waals surface area contributed by atoms with E-state index >= 15 is 0 Å². The lowest BCUT2D eigenvalue weighted by atomic mass is 10.1. The van der Waals surface area contributed by atoms with Crippen LogP contribution in [0.3, 0.4) is 0 Å². The fourth-order valence-corrected chi connectivity index (χ4v) is 3.69. The minimum atomic E-state index is -0.554. The van der Waals surface area contributed by atoms with Gasteiger partial charge in [0.1, 0.15) is 18.0 Å². The number of carbonyl (C=O) groups excluding carboxylic acids is 1. The molecule has 0 fully saturated rings. The van der Waals surface area contributed by atoms with Gasteiger partial charge in [-0.1, -0.05) is 78.9 Å². The van der Waals surface area contributed by atoms with Crippen molar-refractivity contribution in [3.63, 3.8) is 0 Å². The van der Waals surface area contributed by atoms with Crippen LogP contribution in [-0.2, 0) is 16.0 Å². The molecule has 0 saturated carbocycles. The first kappa shape index (κ1) is 20.6. The maximum absolute atomic E-state index is 13.2. The van der Waals surface area contributed by atoms with E-state index in [0.717, 1.165) is 27.6 Å². The van der Waals surface area contributed by atoms with Gasteiger partial charge in [-0.2, -0.15) is 0 Å². The Labute approximate surface area is 182 Å².